The van der Waals surface area contributed by atoms with Crippen LogP contribution in [0.3, 0.4) is 0 Å². The van der Waals surface area contributed by atoms with Crippen molar-refractivity contribution in [1.29, 1.82) is 0 Å². The maximum Gasteiger partial charge on any atom is 0.398 e. The van der Waals surface area contributed by atoms with Gasteiger partial charge in [0.05, 0.1) is 11.4 Å². The third-order valence-electron chi connectivity index (χ3n) is 2.76. The third-order valence-corrected chi connectivity index (χ3v) is 3.90. The number of amides is 2. The lowest BCUT2D eigenvalue weighted by molar-refractivity contribution is -0.105. The van der Waals surface area contributed by atoms with Crippen LogP contribution in [0.25, 0.3) is 0 Å². The van der Waals surface area contributed by atoms with Gasteiger partial charge in [-0.25, -0.2) is 4.79 Å². The van der Waals surface area contributed by atoms with Crippen molar-refractivity contribution < 1.29 is 23.1 Å². The predicted molar refractivity (Wildman–Crippen MR) is 81.1 cm³/mol. The van der Waals surface area contributed by atoms with E-state index >= 15 is 0 Å². The highest BCUT2D eigenvalue weighted by Gasteiger charge is 2.27. The number of urea groups is 1. The molecule has 0 aromatic heterocycles. The van der Waals surface area contributed by atoms with Gasteiger partial charge in [-0.05, 0) is 24.5 Å². The van der Waals surface area contributed by atoms with E-state index in [9.17, 15) is 18.0 Å². The lowest BCUT2D eigenvalue weighted by Gasteiger charge is -2.14. The number of anilines is 1. The zero-order valence-corrected chi connectivity index (χ0v) is 12.9. The Hall–Kier alpha value is -1.41. The number of thioether (sulfide) groups is 1. The summed E-state index contributed by atoms with van der Waals surface area (Å²) in [6.45, 7) is 2.30. The van der Waals surface area contributed by atoms with Gasteiger partial charge in [0.25, 0.3) is 0 Å². The Morgan fingerprint density at radius 2 is 2.05 bits per heavy atom. The molecule has 8 heteroatoms. The van der Waals surface area contributed by atoms with Gasteiger partial charge < -0.3 is 15.7 Å². The summed E-state index contributed by atoms with van der Waals surface area (Å²) in [4.78, 5) is 12.1. The summed E-state index contributed by atoms with van der Waals surface area (Å²) in [5.41, 5.74) is 0.337. The van der Waals surface area contributed by atoms with Gasteiger partial charge in [-0.3, -0.25) is 0 Å². The van der Waals surface area contributed by atoms with Crippen molar-refractivity contribution in [2.24, 2.45) is 5.92 Å². The molecule has 1 rings (SSSR count). The molecule has 0 saturated heterocycles. The Morgan fingerprint density at radius 3 is 2.68 bits per heavy atom. The maximum absolute atomic E-state index is 12.3. The highest BCUT2D eigenvalue weighted by Crippen LogP contribution is 2.31. The second-order valence-corrected chi connectivity index (χ2v) is 5.87. The fourth-order valence-corrected chi connectivity index (χ4v) is 2.38. The van der Waals surface area contributed by atoms with Gasteiger partial charge in [-0.2, -0.15) is 13.2 Å². The number of alkyl halides is 3. The van der Waals surface area contributed by atoms with Crippen molar-refractivity contribution in [3.8, 4) is 0 Å². The van der Waals surface area contributed by atoms with Gasteiger partial charge in [-0.1, -0.05) is 19.1 Å². The van der Waals surface area contributed by atoms with Crippen LogP contribution in [0, 0.1) is 5.92 Å². The van der Waals surface area contributed by atoms with Crippen molar-refractivity contribution in [1.82, 2.24) is 5.32 Å². The number of benzene rings is 1. The first kappa shape index (κ1) is 18.6. The van der Waals surface area contributed by atoms with E-state index in [0.29, 0.717) is 35.3 Å². The quantitative estimate of drug-likeness (QED) is 0.668. The number of aliphatic hydroxyl groups excluding tert-OH is 1. The van der Waals surface area contributed by atoms with E-state index in [1.165, 1.54) is 6.07 Å². The smallest absolute Gasteiger partial charge is 0.396 e. The number of hydrogen-bond donors (Lipinski definition) is 3. The van der Waals surface area contributed by atoms with E-state index in [2.05, 4.69) is 10.6 Å². The zero-order valence-electron chi connectivity index (χ0n) is 12.1. The lowest BCUT2D eigenvalue weighted by Crippen LogP contribution is -2.32. The van der Waals surface area contributed by atoms with Crippen molar-refractivity contribution in [2.75, 3.05) is 24.2 Å². The molecule has 0 saturated carbocycles. The van der Waals surface area contributed by atoms with Crippen LogP contribution in [-0.4, -0.2) is 36.2 Å². The molecule has 22 heavy (non-hydrogen) atoms. The Balaban J connectivity index is 2.56. The summed E-state index contributed by atoms with van der Waals surface area (Å²) in [6, 6.07) is 5.85. The summed E-state index contributed by atoms with van der Waals surface area (Å²) in [5, 5.41) is 13.9. The number of aliphatic hydroxyl groups is 1. The first-order valence-corrected chi connectivity index (χ1v) is 7.74. The zero-order chi connectivity index (χ0) is 16.6. The highest BCUT2D eigenvalue weighted by molar-refractivity contribution is 7.99. The molecule has 1 aromatic rings. The number of carbonyl (C=O) groups is 1. The number of carbonyl (C=O) groups excluding carboxylic acids is 1. The summed E-state index contributed by atoms with van der Waals surface area (Å²) < 4.78 is 36.8. The molecule has 124 valence electrons. The Bertz CT molecular complexity index is 483. The molecular weight excluding hydrogens is 317 g/mol. The summed E-state index contributed by atoms with van der Waals surface area (Å²) >= 11 is 0.628. The molecule has 2 amide bonds. The number of rotatable bonds is 7. The Kier molecular flexibility index (Phi) is 7.53. The van der Waals surface area contributed by atoms with Crippen LogP contribution in [0.5, 0.6) is 0 Å². The van der Waals surface area contributed by atoms with E-state index in [4.69, 9.17) is 5.11 Å². The van der Waals surface area contributed by atoms with Crippen molar-refractivity contribution >= 4 is 23.5 Å². The fraction of sp³-hybridized carbons (Fsp3) is 0.500. The lowest BCUT2D eigenvalue weighted by atomic mass is 10.1. The van der Waals surface area contributed by atoms with E-state index in [-0.39, 0.29) is 12.5 Å². The van der Waals surface area contributed by atoms with Gasteiger partial charge in [0, 0.05) is 18.0 Å². The molecule has 0 aliphatic carbocycles. The van der Waals surface area contributed by atoms with Crippen molar-refractivity contribution in [3.63, 3.8) is 0 Å². The molecule has 0 aliphatic rings. The molecular formula is C14H19F3N2O2S. The third kappa shape index (κ3) is 7.56. The number of halogens is 3. The molecule has 0 bridgehead atoms. The minimum absolute atomic E-state index is 0.0430. The molecule has 3 N–H and O–H groups in total. The summed E-state index contributed by atoms with van der Waals surface area (Å²) in [6.07, 6.45) is -3.70. The largest absolute Gasteiger partial charge is 0.398 e. The minimum atomic E-state index is -4.26. The molecule has 1 atom stereocenters. The number of nitrogens with one attached hydrogen (secondary N) is 2. The topological polar surface area (TPSA) is 61.4 Å². The Morgan fingerprint density at radius 1 is 1.36 bits per heavy atom. The van der Waals surface area contributed by atoms with E-state index in [0.717, 1.165) is 0 Å². The van der Waals surface area contributed by atoms with Crippen molar-refractivity contribution in [2.45, 2.75) is 24.4 Å². The van der Waals surface area contributed by atoms with Crippen LogP contribution in [0.1, 0.15) is 13.3 Å². The van der Waals surface area contributed by atoms with Gasteiger partial charge >= 0.3 is 12.2 Å². The van der Waals surface area contributed by atoms with Gasteiger partial charge in [-0.15, -0.1) is 11.8 Å². The first-order chi connectivity index (χ1) is 10.3. The minimum Gasteiger partial charge on any atom is -0.396 e. The normalized spacial score (nSPS) is 12.8. The maximum atomic E-state index is 12.3. The van der Waals surface area contributed by atoms with Crippen LogP contribution in [0.2, 0.25) is 0 Å². The van der Waals surface area contributed by atoms with Crippen LogP contribution in [0.4, 0.5) is 23.7 Å². The van der Waals surface area contributed by atoms with Crippen LogP contribution in [0.15, 0.2) is 29.2 Å². The molecule has 4 nitrogen and oxygen atoms in total. The molecule has 0 radical (unpaired) electrons. The molecule has 0 aliphatic heterocycles. The average molecular weight is 336 g/mol. The van der Waals surface area contributed by atoms with Crippen LogP contribution >= 0.6 is 11.8 Å². The molecule has 0 spiro atoms. The monoisotopic (exact) mass is 336 g/mol. The van der Waals surface area contributed by atoms with Gasteiger partial charge in [0.15, 0.2) is 0 Å². The highest BCUT2D eigenvalue weighted by atomic mass is 32.2. The van der Waals surface area contributed by atoms with Crippen LogP contribution < -0.4 is 10.6 Å². The fourth-order valence-electron chi connectivity index (χ4n) is 1.61. The molecule has 1 aromatic carbocycles. The SMILES string of the molecule is CC(CCO)CNC(=O)Nc1ccccc1SCC(F)(F)F. The summed E-state index contributed by atoms with van der Waals surface area (Å²) in [5.74, 6) is -0.897. The second kappa shape index (κ2) is 8.89. The number of hydrogen-bond acceptors (Lipinski definition) is 3. The van der Waals surface area contributed by atoms with E-state index < -0.39 is 18.0 Å². The number of para-hydroxylation sites is 1. The predicted octanol–water partition coefficient (Wildman–Crippen LogP) is 3.48. The van der Waals surface area contributed by atoms with E-state index in [1.54, 1.807) is 18.2 Å². The standard InChI is InChI=1S/C14H19F3N2O2S/c1-10(6-7-20)8-18-13(21)19-11-4-2-3-5-12(11)22-9-14(15,16)17/h2-5,10,20H,6-9H2,1H3,(H2,18,19,21). The van der Waals surface area contributed by atoms with Crippen molar-refractivity contribution in [3.05, 3.63) is 24.3 Å². The van der Waals surface area contributed by atoms with Gasteiger partial charge in [0.1, 0.15) is 0 Å². The molecule has 0 heterocycles. The van der Waals surface area contributed by atoms with Gasteiger partial charge in [0.2, 0.25) is 0 Å². The average Bonchev–Trinajstić information content (AvgIpc) is 2.44. The molecule has 0 fully saturated rings. The van der Waals surface area contributed by atoms with Crippen LogP contribution in [-0.2, 0) is 0 Å². The Labute approximate surface area is 131 Å². The summed E-state index contributed by atoms with van der Waals surface area (Å²) in [7, 11) is 0. The molecule has 1 unspecified atom stereocenters. The first-order valence-electron chi connectivity index (χ1n) is 6.76. The second-order valence-electron chi connectivity index (χ2n) is 4.85. The van der Waals surface area contributed by atoms with E-state index in [1.807, 2.05) is 6.92 Å².